The van der Waals surface area contributed by atoms with Gasteiger partial charge in [0.05, 0.1) is 0 Å². The highest BCUT2D eigenvalue weighted by Gasteiger charge is 2.24. The van der Waals surface area contributed by atoms with Crippen LogP contribution in [0, 0.1) is 11.8 Å². The van der Waals surface area contributed by atoms with Crippen molar-refractivity contribution in [3.05, 3.63) is 34.3 Å². The summed E-state index contributed by atoms with van der Waals surface area (Å²) in [5.41, 5.74) is 7.52. The van der Waals surface area contributed by atoms with Crippen LogP contribution in [-0.4, -0.2) is 24.5 Å². The van der Waals surface area contributed by atoms with Gasteiger partial charge in [-0.1, -0.05) is 41.9 Å². The van der Waals surface area contributed by atoms with Gasteiger partial charge in [-0.2, -0.15) is 0 Å². The average Bonchev–Trinajstić information content (AvgIpc) is 2.85. The van der Waals surface area contributed by atoms with Crippen LogP contribution in [0.15, 0.2) is 28.7 Å². The van der Waals surface area contributed by atoms with E-state index >= 15 is 0 Å². The maximum atomic E-state index is 6.29. The lowest BCUT2D eigenvalue weighted by Gasteiger charge is -2.20. The van der Waals surface area contributed by atoms with E-state index in [4.69, 9.17) is 5.73 Å². The molecule has 2 nitrogen and oxygen atoms in total. The van der Waals surface area contributed by atoms with E-state index in [1.165, 1.54) is 25.1 Å². The van der Waals surface area contributed by atoms with Gasteiger partial charge in [0.1, 0.15) is 0 Å². The number of nitrogens with two attached hydrogens (primary N) is 1. The highest BCUT2D eigenvalue weighted by atomic mass is 79.9. The largest absolute Gasteiger partial charge is 0.324 e. The van der Waals surface area contributed by atoms with Crippen molar-refractivity contribution in [2.45, 2.75) is 32.7 Å². The molecule has 0 spiro atoms. The Morgan fingerprint density at radius 2 is 2.21 bits per heavy atom. The van der Waals surface area contributed by atoms with Gasteiger partial charge in [0, 0.05) is 17.1 Å². The maximum Gasteiger partial charge on any atom is 0.0307 e. The Bertz CT molecular complexity index is 405. The highest BCUT2D eigenvalue weighted by molar-refractivity contribution is 9.10. The summed E-state index contributed by atoms with van der Waals surface area (Å²) in [7, 11) is 0. The molecule has 2 N–H and O–H groups in total. The van der Waals surface area contributed by atoms with Crippen molar-refractivity contribution >= 4 is 15.9 Å². The van der Waals surface area contributed by atoms with Gasteiger partial charge in [0.2, 0.25) is 0 Å². The van der Waals surface area contributed by atoms with Crippen molar-refractivity contribution in [1.29, 1.82) is 0 Å². The van der Waals surface area contributed by atoms with Gasteiger partial charge in [0.25, 0.3) is 0 Å². The molecule has 1 fully saturated rings. The maximum absolute atomic E-state index is 6.29. The first kappa shape index (κ1) is 15.0. The van der Waals surface area contributed by atoms with E-state index in [0.717, 1.165) is 29.3 Å². The van der Waals surface area contributed by atoms with Gasteiger partial charge in [-0.05, 0) is 55.5 Å². The first-order valence-corrected chi connectivity index (χ1v) is 8.09. The number of hydrogen-bond acceptors (Lipinski definition) is 2. The summed E-state index contributed by atoms with van der Waals surface area (Å²) in [6, 6.07) is 8.51. The molecular weight excluding hydrogens is 300 g/mol. The Labute approximate surface area is 125 Å². The molecule has 2 unspecified atom stereocenters. The molecule has 0 aliphatic carbocycles. The minimum absolute atomic E-state index is 0.149. The lowest BCUT2D eigenvalue weighted by Crippen LogP contribution is -2.26. The second-order valence-electron chi connectivity index (χ2n) is 6.04. The van der Waals surface area contributed by atoms with Crippen LogP contribution in [0.25, 0.3) is 0 Å². The third-order valence-corrected chi connectivity index (χ3v) is 4.78. The number of benzene rings is 1. The van der Waals surface area contributed by atoms with Crippen LogP contribution in [-0.2, 0) is 0 Å². The predicted molar refractivity (Wildman–Crippen MR) is 85.1 cm³/mol. The minimum Gasteiger partial charge on any atom is -0.324 e. The topological polar surface area (TPSA) is 29.3 Å². The predicted octanol–water partition coefficient (Wildman–Crippen LogP) is 3.82. The first-order chi connectivity index (χ1) is 9.06. The molecule has 1 saturated heterocycles. The Balaban J connectivity index is 1.80. The molecule has 1 aromatic carbocycles. The van der Waals surface area contributed by atoms with Crippen molar-refractivity contribution in [2.24, 2.45) is 17.6 Å². The van der Waals surface area contributed by atoms with Gasteiger partial charge in [-0.15, -0.1) is 0 Å². The molecule has 2 atom stereocenters. The molecule has 106 valence electrons. The molecule has 1 aromatic rings. The smallest absolute Gasteiger partial charge is 0.0307 e. The van der Waals surface area contributed by atoms with Gasteiger partial charge < -0.3 is 10.6 Å². The standard InChI is InChI=1S/C16H25BrN2/c1-12(2)14-6-8-19(11-14)9-7-16(18)13-4-3-5-15(17)10-13/h3-5,10,12,14,16H,6-9,11,18H2,1-2H3. The molecule has 0 aromatic heterocycles. The number of halogens is 1. The minimum atomic E-state index is 0.149. The second-order valence-corrected chi connectivity index (χ2v) is 6.96. The van der Waals surface area contributed by atoms with E-state index in [-0.39, 0.29) is 6.04 Å². The Hall–Kier alpha value is -0.380. The normalized spacial score (nSPS) is 22.1. The molecular formula is C16H25BrN2. The number of rotatable bonds is 5. The second kappa shape index (κ2) is 6.87. The Morgan fingerprint density at radius 1 is 1.42 bits per heavy atom. The van der Waals surface area contributed by atoms with Crippen LogP contribution in [0.4, 0.5) is 0 Å². The van der Waals surface area contributed by atoms with Crippen LogP contribution < -0.4 is 5.73 Å². The van der Waals surface area contributed by atoms with Crippen molar-refractivity contribution in [3.8, 4) is 0 Å². The quantitative estimate of drug-likeness (QED) is 0.892. The summed E-state index contributed by atoms with van der Waals surface area (Å²) >= 11 is 3.51. The molecule has 0 saturated carbocycles. The SMILES string of the molecule is CC(C)C1CCN(CCC(N)c2cccc(Br)c2)C1. The fourth-order valence-electron chi connectivity index (χ4n) is 2.84. The number of likely N-dealkylation sites (tertiary alicyclic amines) is 1. The highest BCUT2D eigenvalue weighted by Crippen LogP contribution is 2.25. The van der Waals surface area contributed by atoms with Crippen LogP contribution in [0.1, 0.15) is 38.3 Å². The van der Waals surface area contributed by atoms with Crippen LogP contribution in [0.2, 0.25) is 0 Å². The zero-order valence-corrected chi connectivity index (χ0v) is 13.6. The molecule has 1 aliphatic heterocycles. The molecule has 0 radical (unpaired) electrons. The summed E-state index contributed by atoms with van der Waals surface area (Å²) in [4.78, 5) is 2.57. The number of nitrogens with zero attached hydrogens (tertiary/aromatic N) is 1. The Kier molecular flexibility index (Phi) is 5.43. The molecule has 3 heteroatoms. The fraction of sp³-hybridized carbons (Fsp3) is 0.625. The Morgan fingerprint density at radius 3 is 2.84 bits per heavy atom. The lowest BCUT2D eigenvalue weighted by atomic mass is 9.95. The van der Waals surface area contributed by atoms with Gasteiger partial charge in [-0.25, -0.2) is 0 Å². The molecule has 1 heterocycles. The summed E-state index contributed by atoms with van der Waals surface area (Å²) in [5, 5.41) is 0. The van der Waals surface area contributed by atoms with E-state index in [1.807, 2.05) is 6.07 Å². The molecule has 0 bridgehead atoms. The van der Waals surface area contributed by atoms with Crippen molar-refractivity contribution in [1.82, 2.24) is 4.90 Å². The van der Waals surface area contributed by atoms with Crippen LogP contribution in [0.5, 0.6) is 0 Å². The summed E-state index contributed by atoms with van der Waals surface area (Å²) in [6.45, 7) is 8.29. The molecule has 0 amide bonds. The van der Waals surface area contributed by atoms with Gasteiger partial charge in [0.15, 0.2) is 0 Å². The lowest BCUT2D eigenvalue weighted by molar-refractivity contribution is 0.292. The van der Waals surface area contributed by atoms with Gasteiger partial charge in [-0.3, -0.25) is 0 Å². The van der Waals surface area contributed by atoms with Crippen LogP contribution >= 0.6 is 15.9 Å². The van der Waals surface area contributed by atoms with E-state index in [1.54, 1.807) is 0 Å². The van der Waals surface area contributed by atoms with E-state index in [9.17, 15) is 0 Å². The molecule has 1 aliphatic rings. The zero-order valence-electron chi connectivity index (χ0n) is 12.0. The van der Waals surface area contributed by atoms with Gasteiger partial charge >= 0.3 is 0 Å². The molecule has 2 rings (SSSR count). The molecule has 19 heavy (non-hydrogen) atoms. The van der Waals surface area contributed by atoms with Crippen molar-refractivity contribution in [3.63, 3.8) is 0 Å². The van der Waals surface area contributed by atoms with E-state index in [2.05, 4.69) is 52.9 Å². The summed E-state index contributed by atoms with van der Waals surface area (Å²) in [6.07, 6.45) is 2.39. The van der Waals surface area contributed by atoms with E-state index < -0.39 is 0 Å². The average molecular weight is 325 g/mol. The third kappa shape index (κ3) is 4.30. The zero-order chi connectivity index (χ0) is 13.8. The summed E-state index contributed by atoms with van der Waals surface area (Å²) in [5.74, 6) is 1.69. The monoisotopic (exact) mass is 324 g/mol. The van der Waals surface area contributed by atoms with E-state index in [0.29, 0.717) is 0 Å². The first-order valence-electron chi connectivity index (χ1n) is 7.29. The third-order valence-electron chi connectivity index (χ3n) is 4.28. The summed E-state index contributed by atoms with van der Waals surface area (Å²) < 4.78 is 1.11. The van der Waals surface area contributed by atoms with Crippen molar-refractivity contribution < 1.29 is 0 Å². The van der Waals surface area contributed by atoms with Crippen molar-refractivity contribution in [2.75, 3.05) is 19.6 Å². The number of hydrogen-bond donors (Lipinski definition) is 1. The fourth-order valence-corrected chi connectivity index (χ4v) is 3.25. The van der Waals surface area contributed by atoms with Crippen LogP contribution in [0.3, 0.4) is 0 Å².